The molecule has 30 heavy (non-hydrogen) atoms. The highest BCUT2D eigenvalue weighted by atomic mass is 35.5. The van der Waals surface area contributed by atoms with Crippen LogP contribution in [-0.2, 0) is 9.53 Å². The summed E-state index contributed by atoms with van der Waals surface area (Å²) < 4.78 is 5.42. The van der Waals surface area contributed by atoms with Crippen LogP contribution in [0.25, 0.3) is 0 Å². The summed E-state index contributed by atoms with van der Waals surface area (Å²) in [6.07, 6.45) is 6.08. The molecule has 7 heteroatoms. The van der Waals surface area contributed by atoms with Gasteiger partial charge in [0.1, 0.15) is 5.82 Å². The molecule has 2 aliphatic rings. The molecular formula is C23H29Cl2N3O2. The zero-order valence-electron chi connectivity index (χ0n) is 17.3. The lowest BCUT2D eigenvalue weighted by Gasteiger charge is -2.32. The summed E-state index contributed by atoms with van der Waals surface area (Å²) in [5.74, 6) is 1.56. The first-order valence-electron chi connectivity index (χ1n) is 10.4. The van der Waals surface area contributed by atoms with Crippen molar-refractivity contribution in [1.82, 2.24) is 9.88 Å². The van der Waals surface area contributed by atoms with E-state index in [2.05, 4.69) is 9.88 Å². The van der Waals surface area contributed by atoms with Gasteiger partial charge >= 0.3 is 0 Å². The largest absolute Gasteiger partial charge is 0.380 e. The maximum atomic E-state index is 12.1. The molecule has 2 atom stereocenters. The van der Waals surface area contributed by atoms with Crippen LogP contribution < -0.4 is 4.90 Å². The predicted octanol–water partition coefficient (Wildman–Crippen LogP) is 4.93. The number of hydrogen-bond acceptors (Lipinski definition) is 4. The van der Waals surface area contributed by atoms with E-state index in [9.17, 15) is 4.79 Å². The average molecular weight is 450 g/mol. The topological polar surface area (TPSA) is 45.7 Å². The number of amides is 1. The number of carbonyl (C=O) groups is 1. The summed E-state index contributed by atoms with van der Waals surface area (Å²) in [5.41, 5.74) is 0. The molecule has 3 heterocycles. The number of aromatic nitrogens is 1. The number of ether oxygens (including phenoxy) is 1. The number of hydrogen-bond donors (Lipinski definition) is 0. The molecule has 0 saturated carbocycles. The van der Waals surface area contributed by atoms with Crippen LogP contribution in [0, 0.1) is 5.92 Å². The minimum Gasteiger partial charge on any atom is -0.380 e. The van der Waals surface area contributed by atoms with Crippen molar-refractivity contribution in [1.29, 1.82) is 0 Å². The summed E-state index contributed by atoms with van der Waals surface area (Å²) in [5, 5.41) is 1.21. The van der Waals surface area contributed by atoms with E-state index in [4.69, 9.17) is 27.9 Å². The number of anilines is 1. The third-order valence-electron chi connectivity index (χ3n) is 5.67. The third-order valence-corrected chi connectivity index (χ3v) is 6.43. The summed E-state index contributed by atoms with van der Waals surface area (Å²) >= 11 is 11.2. The number of pyridine rings is 1. The average Bonchev–Trinajstić information content (AvgIpc) is 3.24. The molecule has 2 aromatic rings. The zero-order chi connectivity index (χ0) is 21.3. The number of nitrogens with zero attached hydrogens (tertiary/aromatic N) is 3. The molecule has 2 aliphatic heterocycles. The van der Waals surface area contributed by atoms with Gasteiger partial charge in [0.25, 0.3) is 0 Å². The molecule has 0 N–H and O–H groups in total. The van der Waals surface area contributed by atoms with Crippen LogP contribution in [0.2, 0.25) is 10.0 Å². The van der Waals surface area contributed by atoms with Crippen molar-refractivity contribution >= 4 is 34.9 Å². The Kier molecular flexibility index (Phi) is 8.94. The Morgan fingerprint density at radius 2 is 1.80 bits per heavy atom. The van der Waals surface area contributed by atoms with Crippen LogP contribution in [0.5, 0.6) is 0 Å². The van der Waals surface area contributed by atoms with Crippen LogP contribution in [0.3, 0.4) is 0 Å². The van der Waals surface area contributed by atoms with Crippen molar-refractivity contribution < 1.29 is 9.53 Å². The van der Waals surface area contributed by atoms with Crippen LogP contribution in [0.4, 0.5) is 5.82 Å². The van der Waals surface area contributed by atoms with Gasteiger partial charge in [0.2, 0.25) is 5.91 Å². The maximum absolute atomic E-state index is 12.1. The highest BCUT2D eigenvalue weighted by Gasteiger charge is 2.28. The number of halogens is 2. The molecule has 0 bridgehead atoms. The Balaban J connectivity index is 0.000000269. The number of carbonyl (C=O) groups excluding carboxylic acids is 1. The van der Waals surface area contributed by atoms with Gasteiger partial charge in [-0.25, -0.2) is 4.98 Å². The van der Waals surface area contributed by atoms with E-state index in [1.165, 1.54) is 0 Å². The Labute approximate surface area is 188 Å². The molecule has 1 aromatic carbocycles. The van der Waals surface area contributed by atoms with E-state index in [-0.39, 0.29) is 5.91 Å². The van der Waals surface area contributed by atoms with E-state index in [1.54, 1.807) is 25.4 Å². The number of piperidine rings is 1. The molecule has 2 unspecified atom stereocenters. The second kappa shape index (κ2) is 11.7. The van der Waals surface area contributed by atoms with Crippen LogP contribution in [-0.4, -0.2) is 55.2 Å². The molecular weight excluding hydrogens is 421 g/mol. The van der Waals surface area contributed by atoms with Gasteiger partial charge in [0.05, 0.1) is 16.1 Å². The summed E-state index contributed by atoms with van der Waals surface area (Å²) in [6, 6.07) is 12.9. The SMILES string of the molecule is COC1CCN(CCC2CCC(=O)N(c3ccccn3)C2)C1.Clc1ccccc1Cl. The standard InChI is InChI=1S/C17H25N3O2.C6H4Cl2/c1-22-15-8-11-19(13-15)10-7-14-5-6-17(21)20(12-14)16-4-2-3-9-18-16;7-5-3-1-2-4-6(5)8/h2-4,9,14-15H,5-8,10-13H2,1H3;1-4H. The van der Waals surface area contributed by atoms with Crippen molar-refractivity contribution in [3.05, 3.63) is 58.7 Å². The number of benzene rings is 1. The van der Waals surface area contributed by atoms with Crippen molar-refractivity contribution in [2.24, 2.45) is 5.92 Å². The Hall–Kier alpha value is -1.66. The lowest BCUT2D eigenvalue weighted by Crippen LogP contribution is -2.41. The van der Waals surface area contributed by atoms with Gasteiger partial charge in [0, 0.05) is 39.4 Å². The molecule has 4 rings (SSSR count). The first-order valence-corrected chi connectivity index (χ1v) is 11.2. The first kappa shape index (κ1) is 23.0. The second-order valence-electron chi connectivity index (χ2n) is 7.75. The summed E-state index contributed by atoms with van der Waals surface area (Å²) in [4.78, 5) is 20.8. The van der Waals surface area contributed by atoms with Crippen molar-refractivity contribution in [2.75, 3.05) is 38.2 Å². The van der Waals surface area contributed by atoms with Gasteiger partial charge in [-0.3, -0.25) is 9.69 Å². The first-order chi connectivity index (χ1) is 14.6. The van der Waals surface area contributed by atoms with E-state index in [1.807, 2.05) is 35.2 Å². The zero-order valence-corrected chi connectivity index (χ0v) is 18.9. The van der Waals surface area contributed by atoms with Crippen molar-refractivity contribution in [3.63, 3.8) is 0 Å². The minimum absolute atomic E-state index is 0.204. The lowest BCUT2D eigenvalue weighted by molar-refractivity contribution is -0.120. The van der Waals surface area contributed by atoms with Gasteiger partial charge < -0.3 is 9.64 Å². The van der Waals surface area contributed by atoms with Crippen molar-refractivity contribution in [2.45, 2.75) is 31.8 Å². The van der Waals surface area contributed by atoms with Gasteiger partial charge in [0.15, 0.2) is 0 Å². The van der Waals surface area contributed by atoms with Gasteiger partial charge in [-0.15, -0.1) is 0 Å². The Bertz CT molecular complexity index is 785. The fraction of sp³-hybridized carbons (Fsp3) is 0.478. The van der Waals surface area contributed by atoms with Crippen molar-refractivity contribution in [3.8, 4) is 0 Å². The summed E-state index contributed by atoms with van der Waals surface area (Å²) in [7, 11) is 1.80. The van der Waals surface area contributed by atoms with E-state index in [0.29, 0.717) is 28.5 Å². The van der Waals surface area contributed by atoms with Crippen LogP contribution >= 0.6 is 23.2 Å². The molecule has 1 amide bonds. The second-order valence-corrected chi connectivity index (χ2v) is 8.56. The van der Waals surface area contributed by atoms with Gasteiger partial charge in [-0.05, 0) is 56.0 Å². The van der Waals surface area contributed by atoms with Gasteiger partial charge in [-0.2, -0.15) is 0 Å². The highest BCUT2D eigenvalue weighted by Crippen LogP contribution is 2.25. The number of likely N-dealkylation sites (tertiary alicyclic amines) is 1. The van der Waals surface area contributed by atoms with E-state index < -0.39 is 0 Å². The Morgan fingerprint density at radius 3 is 2.40 bits per heavy atom. The predicted molar refractivity (Wildman–Crippen MR) is 122 cm³/mol. The third kappa shape index (κ3) is 6.67. The molecule has 162 valence electrons. The summed E-state index contributed by atoms with van der Waals surface area (Å²) in [6.45, 7) is 4.09. The Morgan fingerprint density at radius 1 is 1.07 bits per heavy atom. The van der Waals surface area contributed by atoms with Crippen LogP contribution in [0.15, 0.2) is 48.7 Å². The molecule has 0 radical (unpaired) electrons. The van der Waals surface area contributed by atoms with Gasteiger partial charge in [-0.1, -0.05) is 41.4 Å². The van der Waals surface area contributed by atoms with E-state index >= 15 is 0 Å². The quantitative estimate of drug-likeness (QED) is 0.648. The monoisotopic (exact) mass is 449 g/mol. The number of rotatable bonds is 5. The minimum atomic E-state index is 0.204. The normalized spacial score (nSPS) is 22.0. The van der Waals surface area contributed by atoms with E-state index in [0.717, 1.165) is 51.3 Å². The molecule has 0 spiro atoms. The molecule has 0 aliphatic carbocycles. The number of methoxy groups -OCH3 is 1. The smallest absolute Gasteiger partial charge is 0.228 e. The fourth-order valence-corrected chi connectivity index (χ4v) is 4.15. The lowest BCUT2D eigenvalue weighted by atomic mass is 9.94. The molecule has 2 fully saturated rings. The molecule has 5 nitrogen and oxygen atoms in total. The molecule has 1 aromatic heterocycles. The maximum Gasteiger partial charge on any atom is 0.228 e. The van der Waals surface area contributed by atoms with Crippen LogP contribution in [0.1, 0.15) is 25.7 Å². The fourth-order valence-electron chi connectivity index (χ4n) is 3.88. The molecule has 2 saturated heterocycles. The highest BCUT2D eigenvalue weighted by molar-refractivity contribution is 6.41.